The minimum Gasteiger partial charge on any atom is -0.365 e. The van der Waals surface area contributed by atoms with E-state index in [-0.39, 0.29) is 34.7 Å². The van der Waals surface area contributed by atoms with Crippen LogP contribution in [-0.4, -0.2) is 45.1 Å². The number of sulfonamides is 1. The van der Waals surface area contributed by atoms with E-state index >= 15 is 4.39 Å². The topological polar surface area (TPSA) is 143 Å². The monoisotopic (exact) mass is 487 g/mol. The van der Waals surface area contributed by atoms with Gasteiger partial charge in [-0.25, -0.2) is 27.2 Å². The van der Waals surface area contributed by atoms with Gasteiger partial charge in [-0.2, -0.15) is 10.2 Å². The number of fused-ring (bicyclic) bond motifs is 1. The molecule has 0 spiro atoms. The maximum absolute atomic E-state index is 15.2. The van der Waals surface area contributed by atoms with Gasteiger partial charge in [-0.05, 0) is 30.2 Å². The molecule has 0 saturated carbocycles. The summed E-state index contributed by atoms with van der Waals surface area (Å²) in [6.45, 7) is 1.93. The van der Waals surface area contributed by atoms with E-state index < -0.39 is 38.7 Å². The Morgan fingerprint density at radius 1 is 1.15 bits per heavy atom. The summed E-state index contributed by atoms with van der Waals surface area (Å²) in [6, 6.07) is 3.50. The molecule has 0 saturated heterocycles. The molecule has 0 amide bonds. The van der Waals surface area contributed by atoms with E-state index in [2.05, 4.69) is 35.2 Å². The number of ketones is 1. The zero-order valence-electron chi connectivity index (χ0n) is 17.8. The maximum atomic E-state index is 15.2. The van der Waals surface area contributed by atoms with Gasteiger partial charge < -0.3 is 10.3 Å². The first kappa shape index (κ1) is 23.2. The first-order valence-corrected chi connectivity index (χ1v) is 11.8. The second kappa shape index (κ2) is 9.47. The summed E-state index contributed by atoms with van der Waals surface area (Å²) in [5.74, 6) is -3.44. The van der Waals surface area contributed by atoms with E-state index in [1.54, 1.807) is 19.2 Å². The minimum atomic E-state index is -3.86. The average molecular weight is 487 g/mol. The van der Waals surface area contributed by atoms with E-state index in [9.17, 15) is 17.6 Å². The third-order valence-electron chi connectivity index (χ3n) is 4.88. The molecule has 3 heterocycles. The fourth-order valence-electron chi connectivity index (χ4n) is 3.35. The van der Waals surface area contributed by atoms with Crippen LogP contribution in [0.2, 0.25) is 0 Å². The molecule has 0 aliphatic carbocycles. The molecule has 176 valence electrons. The Hall–Kier alpha value is -4.00. The Kier molecular flexibility index (Phi) is 6.45. The van der Waals surface area contributed by atoms with Gasteiger partial charge >= 0.3 is 0 Å². The zero-order chi connectivity index (χ0) is 24.3. The molecule has 0 bridgehead atoms. The number of H-pyrrole nitrogens is 1. The van der Waals surface area contributed by atoms with Crippen molar-refractivity contribution in [1.29, 1.82) is 0 Å². The van der Waals surface area contributed by atoms with Crippen molar-refractivity contribution in [3.05, 3.63) is 71.4 Å². The van der Waals surface area contributed by atoms with Gasteiger partial charge in [0.15, 0.2) is 5.82 Å². The van der Waals surface area contributed by atoms with E-state index in [1.807, 2.05) is 0 Å². The molecular formula is C21H19F2N7O3S. The van der Waals surface area contributed by atoms with Crippen LogP contribution in [0.1, 0.15) is 34.8 Å². The fraction of sp³-hybridized carbons (Fsp3) is 0.190. The first-order valence-electron chi connectivity index (χ1n) is 10.2. The quantitative estimate of drug-likeness (QED) is 0.306. The second-order valence-corrected chi connectivity index (χ2v) is 9.13. The van der Waals surface area contributed by atoms with Crippen LogP contribution in [0.15, 0.2) is 43.1 Å². The Labute approximate surface area is 192 Å². The van der Waals surface area contributed by atoms with Crippen molar-refractivity contribution < 1.29 is 22.0 Å². The number of carbonyl (C=O) groups excluding carboxylic acids is 1. The number of hydrogen-bond donors (Lipinski definition) is 3. The molecule has 1 aromatic carbocycles. The van der Waals surface area contributed by atoms with E-state index in [0.717, 1.165) is 17.7 Å². The summed E-state index contributed by atoms with van der Waals surface area (Å²) in [5.41, 5.74) is -0.440. The highest BCUT2D eigenvalue weighted by molar-refractivity contribution is 7.92. The van der Waals surface area contributed by atoms with Gasteiger partial charge in [-0.1, -0.05) is 6.92 Å². The van der Waals surface area contributed by atoms with Crippen molar-refractivity contribution in [2.24, 2.45) is 0 Å². The number of nitrogens with zero attached hydrogens (tertiary/aromatic N) is 4. The number of anilines is 2. The second-order valence-electron chi connectivity index (χ2n) is 7.29. The molecule has 0 radical (unpaired) electrons. The van der Waals surface area contributed by atoms with Crippen molar-refractivity contribution in [2.45, 2.75) is 19.9 Å². The van der Waals surface area contributed by atoms with Crippen LogP contribution in [0.4, 0.5) is 20.3 Å². The Bertz CT molecular complexity index is 1460. The van der Waals surface area contributed by atoms with Crippen LogP contribution < -0.4 is 10.0 Å². The predicted molar refractivity (Wildman–Crippen MR) is 121 cm³/mol. The first-order chi connectivity index (χ1) is 16.3. The van der Waals surface area contributed by atoms with Gasteiger partial charge in [0, 0.05) is 18.9 Å². The van der Waals surface area contributed by atoms with Crippen LogP contribution >= 0.6 is 0 Å². The number of rotatable bonds is 9. The maximum Gasteiger partial charge on any atom is 0.232 e. The molecule has 0 aliphatic heterocycles. The highest BCUT2D eigenvalue weighted by Gasteiger charge is 2.27. The van der Waals surface area contributed by atoms with Crippen molar-refractivity contribution in [1.82, 2.24) is 25.1 Å². The minimum absolute atomic E-state index is 0.0858. The smallest absolute Gasteiger partial charge is 0.232 e. The molecule has 0 unspecified atom stereocenters. The van der Waals surface area contributed by atoms with E-state index in [4.69, 9.17) is 0 Å². The molecule has 10 nitrogen and oxygen atoms in total. The van der Waals surface area contributed by atoms with Crippen molar-refractivity contribution in [3.63, 3.8) is 0 Å². The predicted octanol–water partition coefficient (Wildman–Crippen LogP) is 3.02. The molecule has 0 aliphatic rings. The highest BCUT2D eigenvalue weighted by Crippen LogP contribution is 2.30. The SMILES string of the molecule is CCCS(=O)(=O)Nc1ccc(F)c(C(=O)c2c[nH]c3ncnc(NCc4ccnnc4)c23)c1F. The number of carbonyl (C=O) groups is 1. The van der Waals surface area contributed by atoms with Crippen LogP contribution in [-0.2, 0) is 16.6 Å². The molecule has 13 heteroatoms. The molecule has 3 N–H and O–H groups in total. The van der Waals surface area contributed by atoms with Gasteiger partial charge in [0.05, 0.1) is 34.2 Å². The summed E-state index contributed by atoms with van der Waals surface area (Å²) in [7, 11) is -3.86. The van der Waals surface area contributed by atoms with Crippen molar-refractivity contribution in [3.8, 4) is 0 Å². The number of hydrogen-bond acceptors (Lipinski definition) is 8. The number of aromatic nitrogens is 5. The lowest BCUT2D eigenvalue weighted by Crippen LogP contribution is -2.18. The third-order valence-corrected chi connectivity index (χ3v) is 6.35. The zero-order valence-corrected chi connectivity index (χ0v) is 18.7. The average Bonchev–Trinajstić information content (AvgIpc) is 3.25. The summed E-state index contributed by atoms with van der Waals surface area (Å²) >= 11 is 0. The Balaban J connectivity index is 1.73. The molecule has 0 fully saturated rings. The lowest BCUT2D eigenvalue weighted by Gasteiger charge is -2.12. The molecular weight excluding hydrogens is 468 g/mol. The normalized spacial score (nSPS) is 11.5. The van der Waals surface area contributed by atoms with Crippen LogP contribution in [0.25, 0.3) is 11.0 Å². The highest BCUT2D eigenvalue weighted by atomic mass is 32.2. The van der Waals surface area contributed by atoms with Gasteiger partial charge in [-0.15, -0.1) is 0 Å². The Morgan fingerprint density at radius 3 is 2.71 bits per heavy atom. The van der Waals surface area contributed by atoms with Crippen LogP contribution in [0.5, 0.6) is 0 Å². The van der Waals surface area contributed by atoms with Gasteiger partial charge in [0.25, 0.3) is 0 Å². The number of benzene rings is 1. The van der Waals surface area contributed by atoms with E-state index in [1.165, 1.54) is 18.7 Å². The molecule has 4 aromatic rings. The van der Waals surface area contributed by atoms with Gasteiger partial charge in [-0.3, -0.25) is 9.52 Å². The van der Waals surface area contributed by atoms with Gasteiger partial charge in [0.1, 0.15) is 23.6 Å². The molecule has 0 atom stereocenters. The Morgan fingerprint density at radius 2 is 1.97 bits per heavy atom. The standard InChI is InChI=1S/C21H19F2N7O3S/c1-2-7-34(32,33)30-15-4-3-14(22)17(18(15)23)19(31)13-10-25-21-16(13)20(26-11-27-21)24-8-12-5-6-28-29-9-12/h3-6,9-11,30H,2,7-8H2,1H3,(H2,24,25,26,27). The number of halogens is 2. The van der Waals surface area contributed by atoms with Crippen LogP contribution in [0.3, 0.4) is 0 Å². The number of aromatic amines is 1. The lowest BCUT2D eigenvalue weighted by atomic mass is 10.0. The van der Waals surface area contributed by atoms with Crippen molar-refractivity contribution >= 4 is 38.3 Å². The lowest BCUT2D eigenvalue weighted by molar-refractivity contribution is 0.103. The molecule has 4 rings (SSSR count). The van der Waals surface area contributed by atoms with Crippen LogP contribution in [0, 0.1) is 11.6 Å². The summed E-state index contributed by atoms with van der Waals surface area (Å²) in [4.78, 5) is 24.3. The van der Waals surface area contributed by atoms with Gasteiger partial charge in [0.2, 0.25) is 15.8 Å². The summed E-state index contributed by atoms with van der Waals surface area (Å²) in [5, 5.41) is 10.8. The summed E-state index contributed by atoms with van der Waals surface area (Å²) < 4.78 is 56.0. The largest absolute Gasteiger partial charge is 0.365 e. The summed E-state index contributed by atoms with van der Waals surface area (Å²) in [6.07, 6.45) is 5.90. The molecule has 3 aromatic heterocycles. The number of nitrogens with one attached hydrogen (secondary N) is 3. The van der Waals surface area contributed by atoms with E-state index in [0.29, 0.717) is 6.42 Å². The molecule has 34 heavy (non-hydrogen) atoms. The van der Waals surface area contributed by atoms with Crippen molar-refractivity contribution in [2.75, 3.05) is 15.8 Å². The fourth-order valence-corrected chi connectivity index (χ4v) is 4.48. The third kappa shape index (κ3) is 4.69.